The fourth-order valence-electron chi connectivity index (χ4n) is 3.08. The number of aliphatic hydroxyl groups excluding tert-OH is 1. The number of carbonyl (C=O) groups is 2. The first-order valence-electron chi connectivity index (χ1n) is 8.88. The highest BCUT2D eigenvalue weighted by atomic mass is 16.5. The van der Waals surface area contributed by atoms with Crippen LogP contribution in [0.5, 0.6) is 11.5 Å². The van der Waals surface area contributed by atoms with E-state index < -0.39 is 5.92 Å². The lowest BCUT2D eigenvalue weighted by Gasteiger charge is -2.24. The molecule has 0 spiro atoms. The molecule has 1 aromatic carbocycles. The number of benzene rings is 1. The summed E-state index contributed by atoms with van der Waals surface area (Å²) in [7, 11) is 3.09. The number of aliphatic hydroxyl groups is 1. The van der Waals surface area contributed by atoms with E-state index in [2.05, 4.69) is 5.32 Å². The highest BCUT2D eigenvalue weighted by molar-refractivity contribution is 6.01. The highest BCUT2D eigenvalue weighted by Crippen LogP contribution is 2.35. The molecule has 144 valence electrons. The van der Waals surface area contributed by atoms with Crippen molar-refractivity contribution in [3.8, 4) is 11.5 Å². The molecule has 1 fully saturated rings. The van der Waals surface area contributed by atoms with E-state index in [9.17, 15) is 14.7 Å². The first-order chi connectivity index (χ1) is 12.4. The van der Waals surface area contributed by atoms with Crippen LogP contribution < -0.4 is 19.7 Å². The Morgan fingerprint density at radius 1 is 1.38 bits per heavy atom. The standard InChI is InChI=1S/C19H28N2O5/c1-5-12(2)15(11-22)20-19(24)13-8-18(23)21(10-13)16-7-6-14(25-3)9-17(16)26-4/h6-7,9,12-13,15,22H,5,8,10-11H2,1-4H3,(H,20,24)/t12-,13+,15+/m0/s1. The van der Waals surface area contributed by atoms with Crippen molar-refractivity contribution in [2.75, 3.05) is 32.3 Å². The molecule has 0 unspecified atom stereocenters. The van der Waals surface area contributed by atoms with Crippen molar-refractivity contribution in [1.82, 2.24) is 5.32 Å². The van der Waals surface area contributed by atoms with Gasteiger partial charge in [-0.1, -0.05) is 20.3 Å². The Balaban J connectivity index is 2.12. The van der Waals surface area contributed by atoms with Gasteiger partial charge in [0.25, 0.3) is 0 Å². The Morgan fingerprint density at radius 3 is 2.69 bits per heavy atom. The summed E-state index contributed by atoms with van der Waals surface area (Å²) in [4.78, 5) is 26.6. The summed E-state index contributed by atoms with van der Waals surface area (Å²) in [6.07, 6.45) is 0.990. The molecule has 26 heavy (non-hydrogen) atoms. The van der Waals surface area contributed by atoms with Gasteiger partial charge in [0.15, 0.2) is 0 Å². The fraction of sp³-hybridized carbons (Fsp3) is 0.579. The molecule has 1 aliphatic heterocycles. The minimum atomic E-state index is -0.451. The van der Waals surface area contributed by atoms with Crippen molar-refractivity contribution in [3.05, 3.63) is 18.2 Å². The molecule has 1 aliphatic rings. The molecule has 2 amide bonds. The first-order valence-corrected chi connectivity index (χ1v) is 8.88. The zero-order valence-electron chi connectivity index (χ0n) is 15.8. The summed E-state index contributed by atoms with van der Waals surface area (Å²) in [6.45, 7) is 4.16. The minimum absolute atomic E-state index is 0.114. The second kappa shape index (κ2) is 8.89. The van der Waals surface area contributed by atoms with Crippen LogP contribution in [0.1, 0.15) is 26.7 Å². The SMILES string of the molecule is CC[C@H](C)[C@@H](CO)NC(=O)[C@@H]1CC(=O)N(c2ccc(OC)cc2OC)C1. The second-order valence-electron chi connectivity index (χ2n) is 6.63. The molecule has 2 rings (SSSR count). The van der Waals surface area contributed by atoms with E-state index >= 15 is 0 Å². The zero-order chi connectivity index (χ0) is 19.3. The van der Waals surface area contributed by atoms with Gasteiger partial charge in [-0.15, -0.1) is 0 Å². The van der Waals surface area contributed by atoms with E-state index in [0.29, 0.717) is 17.2 Å². The average Bonchev–Trinajstić information content (AvgIpc) is 3.06. The maximum absolute atomic E-state index is 12.6. The maximum Gasteiger partial charge on any atom is 0.227 e. The lowest BCUT2D eigenvalue weighted by Crippen LogP contribution is -2.45. The van der Waals surface area contributed by atoms with Crippen LogP contribution in [-0.4, -0.2) is 50.3 Å². The van der Waals surface area contributed by atoms with E-state index in [-0.39, 0.29) is 43.3 Å². The fourth-order valence-corrected chi connectivity index (χ4v) is 3.08. The van der Waals surface area contributed by atoms with Crippen LogP contribution in [0.3, 0.4) is 0 Å². The van der Waals surface area contributed by atoms with Crippen molar-refractivity contribution >= 4 is 17.5 Å². The van der Waals surface area contributed by atoms with Gasteiger partial charge in [0.1, 0.15) is 11.5 Å². The number of methoxy groups -OCH3 is 2. The number of hydrogen-bond donors (Lipinski definition) is 2. The van der Waals surface area contributed by atoms with Crippen molar-refractivity contribution in [3.63, 3.8) is 0 Å². The molecule has 1 heterocycles. The molecule has 0 saturated carbocycles. The van der Waals surface area contributed by atoms with Gasteiger partial charge in [-0.2, -0.15) is 0 Å². The molecule has 0 radical (unpaired) electrons. The number of rotatable bonds is 8. The third-order valence-corrected chi connectivity index (χ3v) is 5.03. The smallest absolute Gasteiger partial charge is 0.227 e. The highest BCUT2D eigenvalue weighted by Gasteiger charge is 2.37. The van der Waals surface area contributed by atoms with Gasteiger partial charge in [-0.25, -0.2) is 0 Å². The van der Waals surface area contributed by atoms with E-state index in [1.54, 1.807) is 30.2 Å². The Hall–Kier alpha value is -2.28. The van der Waals surface area contributed by atoms with Gasteiger partial charge >= 0.3 is 0 Å². The van der Waals surface area contributed by atoms with Gasteiger partial charge in [0.05, 0.1) is 38.5 Å². The van der Waals surface area contributed by atoms with Crippen LogP contribution in [0.25, 0.3) is 0 Å². The molecule has 7 nitrogen and oxygen atoms in total. The molecule has 1 aromatic rings. The molecule has 1 saturated heterocycles. The van der Waals surface area contributed by atoms with Gasteiger partial charge in [0.2, 0.25) is 11.8 Å². The largest absolute Gasteiger partial charge is 0.497 e. The van der Waals surface area contributed by atoms with E-state index in [1.807, 2.05) is 13.8 Å². The summed E-state index contributed by atoms with van der Waals surface area (Å²) < 4.78 is 10.5. The van der Waals surface area contributed by atoms with Crippen molar-refractivity contribution < 1.29 is 24.2 Å². The number of amides is 2. The predicted molar refractivity (Wildman–Crippen MR) is 98.5 cm³/mol. The topological polar surface area (TPSA) is 88.1 Å². The summed E-state index contributed by atoms with van der Waals surface area (Å²) in [5.41, 5.74) is 0.620. The number of anilines is 1. The number of ether oxygens (including phenoxy) is 2. The third kappa shape index (κ3) is 4.27. The van der Waals surface area contributed by atoms with Crippen molar-refractivity contribution in [1.29, 1.82) is 0 Å². The number of nitrogens with zero attached hydrogens (tertiary/aromatic N) is 1. The summed E-state index contributed by atoms with van der Waals surface area (Å²) in [6, 6.07) is 4.92. The van der Waals surface area contributed by atoms with Crippen LogP contribution in [0.15, 0.2) is 18.2 Å². The van der Waals surface area contributed by atoms with Gasteiger partial charge in [-0.05, 0) is 18.1 Å². The van der Waals surface area contributed by atoms with Crippen LogP contribution in [-0.2, 0) is 9.59 Å². The number of nitrogens with one attached hydrogen (secondary N) is 1. The summed E-state index contributed by atoms with van der Waals surface area (Å²) in [5, 5.41) is 12.4. The molecule has 0 aliphatic carbocycles. The Bertz CT molecular complexity index is 649. The van der Waals surface area contributed by atoms with Gasteiger partial charge in [-0.3, -0.25) is 9.59 Å². The second-order valence-corrected chi connectivity index (χ2v) is 6.63. The van der Waals surface area contributed by atoms with Crippen LogP contribution in [0.4, 0.5) is 5.69 Å². The monoisotopic (exact) mass is 364 g/mol. The van der Waals surface area contributed by atoms with E-state index in [0.717, 1.165) is 6.42 Å². The molecule has 0 aromatic heterocycles. The summed E-state index contributed by atoms with van der Waals surface area (Å²) >= 11 is 0. The maximum atomic E-state index is 12.6. The van der Waals surface area contributed by atoms with Gasteiger partial charge < -0.3 is 24.8 Å². The van der Waals surface area contributed by atoms with E-state index in [4.69, 9.17) is 9.47 Å². The summed E-state index contributed by atoms with van der Waals surface area (Å²) in [5.74, 6) is 0.536. The normalized spacial score (nSPS) is 19.2. The predicted octanol–water partition coefficient (Wildman–Crippen LogP) is 1.58. The van der Waals surface area contributed by atoms with Crippen LogP contribution in [0, 0.1) is 11.8 Å². The molecular formula is C19H28N2O5. The van der Waals surface area contributed by atoms with Crippen LogP contribution in [0.2, 0.25) is 0 Å². The number of hydrogen-bond acceptors (Lipinski definition) is 5. The van der Waals surface area contributed by atoms with Crippen LogP contribution >= 0.6 is 0 Å². The Morgan fingerprint density at radius 2 is 2.12 bits per heavy atom. The van der Waals surface area contributed by atoms with Crippen molar-refractivity contribution in [2.45, 2.75) is 32.7 Å². The molecule has 3 atom stereocenters. The Labute approximate surface area is 154 Å². The lowest BCUT2D eigenvalue weighted by molar-refractivity contribution is -0.127. The van der Waals surface area contributed by atoms with E-state index in [1.165, 1.54) is 7.11 Å². The lowest BCUT2D eigenvalue weighted by atomic mass is 9.98. The van der Waals surface area contributed by atoms with Crippen molar-refractivity contribution in [2.24, 2.45) is 11.8 Å². The van der Waals surface area contributed by atoms with Gasteiger partial charge in [0, 0.05) is 19.0 Å². The quantitative estimate of drug-likeness (QED) is 0.731. The molecule has 2 N–H and O–H groups in total. The zero-order valence-corrected chi connectivity index (χ0v) is 15.8. The first kappa shape index (κ1) is 20.0. The average molecular weight is 364 g/mol. The third-order valence-electron chi connectivity index (χ3n) is 5.03. The molecule has 7 heteroatoms. The molecular weight excluding hydrogens is 336 g/mol. The molecule has 0 bridgehead atoms. The number of carbonyl (C=O) groups excluding carboxylic acids is 2. The minimum Gasteiger partial charge on any atom is -0.497 e. The Kier molecular flexibility index (Phi) is 6.85.